The zero-order valence-electron chi connectivity index (χ0n) is 9.17. The van der Waals surface area contributed by atoms with Crippen molar-refractivity contribution in [3.63, 3.8) is 0 Å². The summed E-state index contributed by atoms with van der Waals surface area (Å²) in [6, 6.07) is 0. The van der Waals surface area contributed by atoms with Crippen LogP contribution >= 0.6 is 11.6 Å². The molecule has 1 saturated carbocycles. The number of alkyl halides is 1. The molecule has 1 atom stereocenters. The average Bonchev–Trinajstić information content (AvgIpc) is 2.68. The van der Waals surface area contributed by atoms with E-state index < -0.39 is 0 Å². The van der Waals surface area contributed by atoms with E-state index in [2.05, 4.69) is 15.2 Å². The number of halogens is 1. The maximum atomic E-state index is 5.91. The van der Waals surface area contributed by atoms with Crippen molar-refractivity contribution in [2.24, 2.45) is 5.92 Å². The first kappa shape index (κ1) is 10.9. The molecule has 15 heavy (non-hydrogen) atoms. The molecule has 0 spiro atoms. The third-order valence-corrected chi connectivity index (χ3v) is 3.31. The molecule has 1 aliphatic carbocycles. The highest BCUT2D eigenvalue weighted by Crippen LogP contribution is 2.26. The minimum Gasteiger partial charge on any atom is -0.263 e. The predicted molar refractivity (Wildman–Crippen MR) is 60.9 cm³/mol. The van der Waals surface area contributed by atoms with E-state index in [-0.39, 0.29) is 5.38 Å². The SMILES string of the molecule is CC(Cl)c1n[nH]c(CC2CCCCC2)n1. The summed E-state index contributed by atoms with van der Waals surface area (Å²) in [7, 11) is 0. The number of hydrogen-bond donors (Lipinski definition) is 1. The molecular weight excluding hydrogens is 210 g/mol. The van der Waals surface area contributed by atoms with Gasteiger partial charge in [0.05, 0.1) is 5.38 Å². The fourth-order valence-electron chi connectivity index (χ4n) is 2.24. The van der Waals surface area contributed by atoms with Gasteiger partial charge in [0.2, 0.25) is 0 Å². The number of H-pyrrole nitrogens is 1. The van der Waals surface area contributed by atoms with Crippen molar-refractivity contribution in [2.75, 3.05) is 0 Å². The topological polar surface area (TPSA) is 41.6 Å². The molecule has 1 heterocycles. The lowest BCUT2D eigenvalue weighted by Crippen LogP contribution is -2.10. The van der Waals surface area contributed by atoms with Gasteiger partial charge < -0.3 is 0 Å². The van der Waals surface area contributed by atoms with E-state index in [0.29, 0.717) is 0 Å². The van der Waals surface area contributed by atoms with E-state index in [1.807, 2.05) is 6.92 Å². The second-order valence-electron chi connectivity index (χ2n) is 4.46. The lowest BCUT2D eigenvalue weighted by Gasteiger charge is -2.19. The van der Waals surface area contributed by atoms with Crippen molar-refractivity contribution in [2.45, 2.75) is 50.8 Å². The normalized spacial score (nSPS) is 20.4. The van der Waals surface area contributed by atoms with Crippen LogP contribution in [0.3, 0.4) is 0 Å². The highest BCUT2D eigenvalue weighted by molar-refractivity contribution is 6.20. The van der Waals surface area contributed by atoms with Crippen molar-refractivity contribution in [3.8, 4) is 0 Å². The molecule has 1 fully saturated rings. The van der Waals surface area contributed by atoms with Crippen molar-refractivity contribution in [3.05, 3.63) is 11.6 Å². The van der Waals surface area contributed by atoms with Crippen molar-refractivity contribution < 1.29 is 0 Å². The third kappa shape index (κ3) is 2.94. The van der Waals surface area contributed by atoms with Gasteiger partial charge in [-0.05, 0) is 12.8 Å². The molecule has 1 aromatic rings. The third-order valence-electron chi connectivity index (χ3n) is 3.11. The maximum absolute atomic E-state index is 5.91. The average molecular weight is 228 g/mol. The van der Waals surface area contributed by atoms with Gasteiger partial charge in [0.1, 0.15) is 5.82 Å². The van der Waals surface area contributed by atoms with E-state index in [1.165, 1.54) is 32.1 Å². The van der Waals surface area contributed by atoms with Crippen molar-refractivity contribution in [1.82, 2.24) is 15.2 Å². The van der Waals surface area contributed by atoms with Crippen LogP contribution in [0.1, 0.15) is 56.1 Å². The molecule has 1 aliphatic rings. The van der Waals surface area contributed by atoms with E-state index in [9.17, 15) is 0 Å². The molecule has 3 nitrogen and oxygen atoms in total. The summed E-state index contributed by atoms with van der Waals surface area (Å²) in [4.78, 5) is 4.41. The lowest BCUT2D eigenvalue weighted by atomic mass is 9.87. The van der Waals surface area contributed by atoms with Gasteiger partial charge in [-0.25, -0.2) is 4.98 Å². The Morgan fingerprint density at radius 2 is 2.13 bits per heavy atom. The summed E-state index contributed by atoms with van der Waals surface area (Å²) in [5.74, 6) is 2.53. The Morgan fingerprint density at radius 1 is 1.40 bits per heavy atom. The Bertz CT molecular complexity index is 303. The van der Waals surface area contributed by atoms with Gasteiger partial charge in [0.15, 0.2) is 5.82 Å². The summed E-state index contributed by atoms with van der Waals surface area (Å²) >= 11 is 5.91. The molecule has 1 aromatic heterocycles. The van der Waals surface area contributed by atoms with E-state index in [0.717, 1.165) is 24.0 Å². The van der Waals surface area contributed by atoms with E-state index in [1.54, 1.807) is 0 Å². The van der Waals surface area contributed by atoms with Crippen molar-refractivity contribution >= 4 is 11.6 Å². The predicted octanol–water partition coefficient (Wildman–Crippen LogP) is 3.23. The molecular formula is C11H18ClN3. The number of nitrogens with one attached hydrogen (secondary N) is 1. The van der Waals surface area contributed by atoms with Crippen molar-refractivity contribution in [1.29, 1.82) is 0 Å². The summed E-state index contributed by atoms with van der Waals surface area (Å²) in [5.41, 5.74) is 0. The summed E-state index contributed by atoms with van der Waals surface area (Å²) in [6.07, 6.45) is 7.86. The van der Waals surface area contributed by atoms with Gasteiger partial charge in [-0.2, -0.15) is 5.10 Å². The number of aromatic nitrogens is 3. The molecule has 1 N–H and O–H groups in total. The molecule has 84 valence electrons. The van der Waals surface area contributed by atoms with Gasteiger partial charge >= 0.3 is 0 Å². The molecule has 0 saturated heterocycles. The number of hydrogen-bond acceptors (Lipinski definition) is 2. The summed E-state index contributed by atoms with van der Waals surface area (Å²) in [6.45, 7) is 1.90. The van der Waals surface area contributed by atoms with Crippen LogP contribution in [0.5, 0.6) is 0 Å². The Labute approximate surface area is 95.6 Å². The Morgan fingerprint density at radius 3 is 2.73 bits per heavy atom. The van der Waals surface area contributed by atoms with Crippen LogP contribution in [0.2, 0.25) is 0 Å². The number of rotatable bonds is 3. The van der Waals surface area contributed by atoms with Crippen LogP contribution in [0.25, 0.3) is 0 Å². The lowest BCUT2D eigenvalue weighted by molar-refractivity contribution is 0.352. The van der Waals surface area contributed by atoms with E-state index >= 15 is 0 Å². The molecule has 0 radical (unpaired) electrons. The highest BCUT2D eigenvalue weighted by Gasteiger charge is 2.16. The quantitative estimate of drug-likeness (QED) is 0.806. The minimum atomic E-state index is -0.0960. The van der Waals surface area contributed by atoms with E-state index in [4.69, 9.17) is 11.6 Å². The zero-order valence-corrected chi connectivity index (χ0v) is 9.93. The fourth-order valence-corrected chi connectivity index (χ4v) is 2.34. The Hall–Kier alpha value is -0.570. The Balaban J connectivity index is 1.91. The summed E-state index contributed by atoms with van der Waals surface area (Å²) in [5, 5.41) is 7.01. The smallest absolute Gasteiger partial charge is 0.168 e. The first-order chi connectivity index (χ1) is 7.25. The second kappa shape index (κ2) is 4.97. The summed E-state index contributed by atoms with van der Waals surface area (Å²) < 4.78 is 0. The van der Waals surface area contributed by atoms with Crippen LogP contribution in [-0.4, -0.2) is 15.2 Å². The molecule has 1 unspecified atom stereocenters. The van der Waals surface area contributed by atoms with Crippen LogP contribution in [-0.2, 0) is 6.42 Å². The number of aromatic amines is 1. The molecule has 0 aliphatic heterocycles. The highest BCUT2D eigenvalue weighted by atomic mass is 35.5. The maximum Gasteiger partial charge on any atom is 0.168 e. The zero-order chi connectivity index (χ0) is 10.7. The van der Waals surface area contributed by atoms with Crippen LogP contribution < -0.4 is 0 Å². The van der Waals surface area contributed by atoms with Crippen LogP contribution in [0, 0.1) is 5.92 Å². The fraction of sp³-hybridized carbons (Fsp3) is 0.818. The second-order valence-corrected chi connectivity index (χ2v) is 5.12. The van der Waals surface area contributed by atoms with Gasteiger partial charge in [-0.1, -0.05) is 32.1 Å². The largest absolute Gasteiger partial charge is 0.263 e. The van der Waals surface area contributed by atoms with Crippen LogP contribution in [0.15, 0.2) is 0 Å². The molecule has 0 aromatic carbocycles. The number of nitrogens with zero attached hydrogens (tertiary/aromatic N) is 2. The van der Waals surface area contributed by atoms with Gasteiger partial charge in [0, 0.05) is 6.42 Å². The first-order valence-corrected chi connectivity index (χ1v) is 6.24. The molecule has 0 bridgehead atoms. The molecule has 2 rings (SSSR count). The molecule has 4 heteroatoms. The van der Waals surface area contributed by atoms with Gasteiger partial charge in [0.25, 0.3) is 0 Å². The standard InChI is InChI=1S/C11H18ClN3/c1-8(12)11-13-10(14-15-11)7-9-5-3-2-4-6-9/h8-9H,2-7H2,1H3,(H,13,14,15). The minimum absolute atomic E-state index is 0.0960. The first-order valence-electron chi connectivity index (χ1n) is 5.81. The Kier molecular flexibility index (Phi) is 3.62. The molecule has 0 amide bonds. The monoisotopic (exact) mass is 227 g/mol. The van der Waals surface area contributed by atoms with Crippen LogP contribution in [0.4, 0.5) is 0 Å². The van der Waals surface area contributed by atoms with Gasteiger partial charge in [-0.3, -0.25) is 5.10 Å². The van der Waals surface area contributed by atoms with Gasteiger partial charge in [-0.15, -0.1) is 11.6 Å².